The molecular formula is C11H13ClN2O4. The first-order chi connectivity index (χ1) is 8.45. The largest absolute Gasteiger partial charge is 0.474 e. The van der Waals surface area contributed by atoms with Gasteiger partial charge in [0.2, 0.25) is 0 Å². The molecule has 6 nitrogen and oxygen atoms in total. The van der Waals surface area contributed by atoms with Gasteiger partial charge in [0, 0.05) is 17.6 Å². The maximum atomic E-state index is 11.5. The number of rotatable bonds is 5. The van der Waals surface area contributed by atoms with Gasteiger partial charge in [-0.2, -0.15) is 0 Å². The molecule has 7 heteroatoms. The van der Waals surface area contributed by atoms with Gasteiger partial charge < -0.3 is 10.1 Å². The van der Waals surface area contributed by atoms with Crippen LogP contribution in [0.25, 0.3) is 0 Å². The third-order valence-electron chi connectivity index (χ3n) is 2.14. The van der Waals surface area contributed by atoms with Crippen molar-refractivity contribution in [3.05, 3.63) is 33.3 Å². The van der Waals surface area contributed by atoms with Crippen molar-refractivity contribution in [1.29, 1.82) is 0 Å². The molecule has 1 atom stereocenters. The second kappa shape index (κ2) is 6.20. The number of amides is 1. The van der Waals surface area contributed by atoms with Crippen LogP contribution in [0.1, 0.15) is 13.8 Å². The van der Waals surface area contributed by atoms with E-state index >= 15 is 0 Å². The highest BCUT2D eigenvalue weighted by Crippen LogP contribution is 2.30. The molecule has 0 aliphatic heterocycles. The van der Waals surface area contributed by atoms with E-state index in [0.29, 0.717) is 6.54 Å². The van der Waals surface area contributed by atoms with Crippen LogP contribution in [0.3, 0.4) is 0 Å². The summed E-state index contributed by atoms with van der Waals surface area (Å²) in [6.07, 6.45) is -0.815. The lowest BCUT2D eigenvalue weighted by Gasteiger charge is -2.13. The summed E-state index contributed by atoms with van der Waals surface area (Å²) in [4.78, 5) is 21.7. The first kappa shape index (κ1) is 14.2. The molecule has 0 saturated heterocycles. The highest BCUT2D eigenvalue weighted by atomic mass is 35.5. The van der Waals surface area contributed by atoms with Gasteiger partial charge in [0.05, 0.1) is 4.92 Å². The Morgan fingerprint density at radius 2 is 2.28 bits per heavy atom. The SMILES string of the molecule is CCNC(=O)[C@@H](C)Oc1ccc(Cl)cc1[N+](=O)[O-]. The number of nitro groups is 1. The van der Waals surface area contributed by atoms with Crippen molar-refractivity contribution in [3.63, 3.8) is 0 Å². The number of nitrogens with zero attached hydrogens (tertiary/aromatic N) is 1. The summed E-state index contributed by atoms with van der Waals surface area (Å²) in [7, 11) is 0. The van der Waals surface area contributed by atoms with E-state index in [1.807, 2.05) is 0 Å². The van der Waals surface area contributed by atoms with Gasteiger partial charge in [0.15, 0.2) is 11.9 Å². The highest BCUT2D eigenvalue weighted by Gasteiger charge is 2.21. The van der Waals surface area contributed by atoms with E-state index in [-0.39, 0.29) is 22.4 Å². The van der Waals surface area contributed by atoms with Crippen molar-refractivity contribution in [1.82, 2.24) is 5.32 Å². The van der Waals surface area contributed by atoms with Crippen molar-refractivity contribution in [2.24, 2.45) is 0 Å². The first-order valence-electron chi connectivity index (χ1n) is 5.34. The van der Waals surface area contributed by atoms with Gasteiger partial charge in [-0.3, -0.25) is 14.9 Å². The number of hydrogen-bond donors (Lipinski definition) is 1. The van der Waals surface area contributed by atoms with E-state index in [2.05, 4.69) is 5.32 Å². The van der Waals surface area contributed by atoms with Crippen molar-refractivity contribution < 1.29 is 14.5 Å². The van der Waals surface area contributed by atoms with Crippen LogP contribution < -0.4 is 10.1 Å². The predicted octanol–water partition coefficient (Wildman–Crippen LogP) is 2.15. The second-order valence-electron chi connectivity index (χ2n) is 3.52. The number of nitrogens with one attached hydrogen (secondary N) is 1. The molecule has 1 amide bonds. The summed E-state index contributed by atoms with van der Waals surface area (Å²) < 4.78 is 5.26. The molecule has 0 saturated carbocycles. The van der Waals surface area contributed by atoms with Crippen LogP contribution in [0.5, 0.6) is 5.75 Å². The molecule has 0 aliphatic carbocycles. The molecular weight excluding hydrogens is 260 g/mol. The molecule has 1 N–H and O–H groups in total. The van der Waals surface area contributed by atoms with Crippen molar-refractivity contribution in [2.75, 3.05) is 6.54 Å². The molecule has 0 spiro atoms. The minimum Gasteiger partial charge on any atom is -0.474 e. The second-order valence-corrected chi connectivity index (χ2v) is 3.96. The summed E-state index contributed by atoms with van der Waals surface area (Å²) in [5.41, 5.74) is -0.265. The third-order valence-corrected chi connectivity index (χ3v) is 2.38. The van der Waals surface area contributed by atoms with Gasteiger partial charge in [0.25, 0.3) is 5.91 Å². The van der Waals surface area contributed by atoms with Gasteiger partial charge >= 0.3 is 5.69 Å². The van der Waals surface area contributed by atoms with E-state index in [9.17, 15) is 14.9 Å². The van der Waals surface area contributed by atoms with E-state index in [1.165, 1.54) is 25.1 Å². The fraction of sp³-hybridized carbons (Fsp3) is 0.364. The fourth-order valence-electron chi connectivity index (χ4n) is 1.29. The number of hydrogen-bond acceptors (Lipinski definition) is 4. The number of ether oxygens (including phenoxy) is 1. The average Bonchev–Trinajstić information content (AvgIpc) is 2.31. The standard InChI is InChI=1S/C11H13ClN2O4/c1-3-13-11(15)7(2)18-10-5-4-8(12)6-9(10)14(16)17/h4-7H,3H2,1-2H3,(H,13,15)/t7-/m1/s1. The topological polar surface area (TPSA) is 81.5 Å². The van der Waals surface area contributed by atoms with E-state index in [0.717, 1.165) is 0 Å². The predicted molar refractivity (Wildman–Crippen MR) is 66.9 cm³/mol. The molecule has 98 valence electrons. The van der Waals surface area contributed by atoms with Crippen LogP contribution in [0.2, 0.25) is 5.02 Å². The van der Waals surface area contributed by atoms with E-state index in [4.69, 9.17) is 16.3 Å². The van der Waals surface area contributed by atoms with Crippen LogP contribution in [0, 0.1) is 10.1 Å². The van der Waals surface area contributed by atoms with Gasteiger partial charge in [-0.05, 0) is 26.0 Å². The average molecular weight is 273 g/mol. The van der Waals surface area contributed by atoms with Crippen molar-refractivity contribution in [2.45, 2.75) is 20.0 Å². The quantitative estimate of drug-likeness (QED) is 0.658. The lowest BCUT2D eigenvalue weighted by atomic mass is 10.3. The summed E-state index contributed by atoms with van der Waals surface area (Å²) in [6, 6.07) is 4.02. The molecule has 0 aromatic heterocycles. The van der Waals surface area contributed by atoms with E-state index in [1.54, 1.807) is 6.92 Å². The molecule has 1 rings (SSSR count). The van der Waals surface area contributed by atoms with Crippen LogP contribution in [0.15, 0.2) is 18.2 Å². The van der Waals surface area contributed by atoms with Crippen LogP contribution in [-0.4, -0.2) is 23.5 Å². The first-order valence-corrected chi connectivity index (χ1v) is 5.71. The number of carbonyl (C=O) groups excluding carboxylic acids is 1. The van der Waals surface area contributed by atoms with Gasteiger partial charge in [-0.1, -0.05) is 11.6 Å². The normalized spacial score (nSPS) is 11.7. The summed E-state index contributed by atoms with van der Waals surface area (Å²) in [5.74, 6) is -0.315. The molecule has 0 unspecified atom stereocenters. The smallest absolute Gasteiger partial charge is 0.312 e. The Hall–Kier alpha value is -1.82. The van der Waals surface area contributed by atoms with Crippen LogP contribution in [-0.2, 0) is 4.79 Å². The number of nitro benzene ring substituents is 1. The maximum absolute atomic E-state index is 11.5. The molecule has 1 aromatic rings. The Labute approximate surface area is 109 Å². The number of halogens is 1. The monoisotopic (exact) mass is 272 g/mol. The Balaban J connectivity index is 2.90. The van der Waals surface area contributed by atoms with E-state index < -0.39 is 11.0 Å². The molecule has 0 fully saturated rings. The number of benzene rings is 1. The highest BCUT2D eigenvalue weighted by molar-refractivity contribution is 6.30. The van der Waals surface area contributed by atoms with Gasteiger partial charge in [-0.25, -0.2) is 0 Å². The summed E-state index contributed by atoms with van der Waals surface area (Å²) in [6.45, 7) is 3.76. The Kier molecular flexibility index (Phi) is 4.91. The minimum atomic E-state index is -0.815. The summed E-state index contributed by atoms with van der Waals surface area (Å²) in [5, 5.41) is 13.6. The molecule has 0 bridgehead atoms. The lowest BCUT2D eigenvalue weighted by Crippen LogP contribution is -2.36. The van der Waals surface area contributed by atoms with Crippen LogP contribution >= 0.6 is 11.6 Å². The minimum absolute atomic E-state index is 0.0168. The molecule has 0 aliphatic rings. The Bertz CT molecular complexity index is 464. The number of carbonyl (C=O) groups is 1. The third kappa shape index (κ3) is 3.59. The molecule has 18 heavy (non-hydrogen) atoms. The molecule has 0 heterocycles. The Morgan fingerprint density at radius 3 is 2.83 bits per heavy atom. The van der Waals surface area contributed by atoms with Crippen LogP contribution in [0.4, 0.5) is 5.69 Å². The summed E-state index contributed by atoms with van der Waals surface area (Å²) >= 11 is 5.67. The molecule has 0 radical (unpaired) electrons. The Morgan fingerprint density at radius 1 is 1.61 bits per heavy atom. The maximum Gasteiger partial charge on any atom is 0.312 e. The van der Waals surface area contributed by atoms with Crippen molar-refractivity contribution >= 4 is 23.2 Å². The zero-order valence-corrected chi connectivity index (χ0v) is 10.7. The fourth-order valence-corrected chi connectivity index (χ4v) is 1.46. The lowest BCUT2D eigenvalue weighted by molar-refractivity contribution is -0.386. The van der Waals surface area contributed by atoms with Gasteiger partial charge in [-0.15, -0.1) is 0 Å². The van der Waals surface area contributed by atoms with Gasteiger partial charge in [0.1, 0.15) is 0 Å². The van der Waals surface area contributed by atoms with Crippen molar-refractivity contribution in [3.8, 4) is 5.75 Å². The molecule has 1 aromatic carbocycles. The zero-order valence-electron chi connectivity index (χ0n) is 9.97. The zero-order chi connectivity index (χ0) is 13.7. The number of likely N-dealkylation sites (N-methyl/N-ethyl adjacent to an activating group) is 1.